The van der Waals surface area contributed by atoms with E-state index in [9.17, 15) is 0 Å². The minimum absolute atomic E-state index is 0.122. The van der Waals surface area contributed by atoms with Gasteiger partial charge in [-0.05, 0) is 23.5 Å². The van der Waals surface area contributed by atoms with E-state index in [0.29, 0.717) is 5.92 Å². The summed E-state index contributed by atoms with van der Waals surface area (Å²) < 4.78 is 0. The number of hydrogen-bond donors (Lipinski definition) is 1. The Morgan fingerprint density at radius 2 is 2.00 bits per heavy atom. The van der Waals surface area contributed by atoms with Crippen LogP contribution in [-0.2, 0) is 5.41 Å². The second-order valence-electron chi connectivity index (χ2n) is 5.58. The zero-order valence-corrected chi connectivity index (χ0v) is 11.3. The average Bonchev–Trinajstić information content (AvgIpc) is 2.92. The van der Waals surface area contributed by atoms with Gasteiger partial charge in [0.15, 0.2) is 0 Å². The topological polar surface area (TPSA) is 28.7 Å². The Labute approximate surface area is 108 Å². The van der Waals surface area contributed by atoms with Crippen molar-refractivity contribution in [3.8, 4) is 11.1 Å². The van der Waals surface area contributed by atoms with Gasteiger partial charge in [-0.15, -0.1) is 0 Å². The van der Waals surface area contributed by atoms with E-state index >= 15 is 0 Å². The molecule has 1 N–H and O–H groups in total. The maximum atomic E-state index is 4.28. The van der Waals surface area contributed by atoms with Crippen LogP contribution in [0.25, 0.3) is 11.1 Å². The predicted octanol–water partition coefficient (Wildman–Crippen LogP) is 4.13. The van der Waals surface area contributed by atoms with Gasteiger partial charge in [-0.3, -0.25) is 5.10 Å². The van der Waals surface area contributed by atoms with Gasteiger partial charge >= 0.3 is 0 Å². The monoisotopic (exact) mass is 240 g/mol. The highest BCUT2D eigenvalue weighted by Gasteiger charge is 2.46. The van der Waals surface area contributed by atoms with Crippen molar-refractivity contribution in [1.29, 1.82) is 0 Å². The van der Waals surface area contributed by atoms with Gasteiger partial charge in [0.25, 0.3) is 0 Å². The summed E-state index contributed by atoms with van der Waals surface area (Å²) in [5, 5.41) is 7.55. The normalized spacial score (nSPS) is 21.1. The van der Waals surface area contributed by atoms with Crippen LogP contribution in [0.15, 0.2) is 30.5 Å². The van der Waals surface area contributed by atoms with Crippen LogP contribution in [0.4, 0.5) is 0 Å². The van der Waals surface area contributed by atoms with Crippen molar-refractivity contribution in [1.82, 2.24) is 10.2 Å². The van der Waals surface area contributed by atoms with E-state index in [0.717, 1.165) is 0 Å². The lowest BCUT2D eigenvalue weighted by molar-refractivity contribution is 0.340. The largest absolute Gasteiger partial charge is 0.281 e. The van der Waals surface area contributed by atoms with Crippen molar-refractivity contribution in [3.63, 3.8) is 0 Å². The molecule has 18 heavy (non-hydrogen) atoms. The third kappa shape index (κ3) is 1.26. The molecule has 0 saturated carbocycles. The summed E-state index contributed by atoms with van der Waals surface area (Å²) in [7, 11) is 0. The molecular formula is C16H20N2. The molecule has 0 spiro atoms. The van der Waals surface area contributed by atoms with Crippen molar-refractivity contribution in [3.05, 3.63) is 41.7 Å². The molecule has 0 radical (unpaired) electrons. The highest BCUT2D eigenvalue weighted by molar-refractivity contribution is 5.79. The fourth-order valence-electron chi connectivity index (χ4n) is 3.61. The van der Waals surface area contributed by atoms with Gasteiger partial charge in [0.05, 0.1) is 11.9 Å². The number of rotatable bonds is 3. The van der Waals surface area contributed by atoms with Crippen molar-refractivity contribution < 1.29 is 0 Å². The Bertz CT molecular complexity index is 568. The quantitative estimate of drug-likeness (QED) is 0.858. The minimum Gasteiger partial charge on any atom is -0.281 e. The summed E-state index contributed by atoms with van der Waals surface area (Å²) in [5.74, 6) is 0.570. The molecule has 2 heteroatoms. The SMILES string of the molecule is CCCC1(C(C)C)c2ccccc2-c2cn[nH]c21. The van der Waals surface area contributed by atoms with Gasteiger partial charge in [0.1, 0.15) is 0 Å². The molecule has 2 nitrogen and oxygen atoms in total. The van der Waals surface area contributed by atoms with Crippen molar-refractivity contribution in [2.24, 2.45) is 5.92 Å². The Morgan fingerprint density at radius 3 is 2.72 bits per heavy atom. The van der Waals surface area contributed by atoms with Gasteiger partial charge in [-0.25, -0.2) is 0 Å². The number of nitrogens with one attached hydrogen (secondary N) is 1. The van der Waals surface area contributed by atoms with Gasteiger partial charge < -0.3 is 0 Å². The molecule has 1 aliphatic carbocycles. The molecule has 1 aliphatic rings. The molecule has 2 aromatic rings. The summed E-state index contributed by atoms with van der Waals surface area (Å²) in [6, 6.07) is 8.80. The van der Waals surface area contributed by atoms with Gasteiger partial charge in [-0.1, -0.05) is 51.5 Å². The van der Waals surface area contributed by atoms with Gasteiger partial charge in [0.2, 0.25) is 0 Å². The van der Waals surface area contributed by atoms with Crippen LogP contribution in [0.5, 0.6) is 0 Å². The van der Waals surface area contributed by atoms with E-state index in [1.165, 1.54) is 35.2 Å². The molecular weight excluding hydrogens is 220 g/mol. The van der Waals surface area contributed by atoms with Crippen LogP contribution in [0, 0.1) is 5.92 Å². The molecule has 3 rings (SSSR count). The lowest BCUT2D eigenvalue weighted by atomic mass is 9.69. The van der Waals surface area contributed by atoms with E-state index in [1.807, 2.05) is 6.20 Å². The van der Waals surface area contributed by atoms with Gasteiger partial charge in [0, 0.05) is 11.0 Å². The second-order valence-corrected chi connectivity index (χ2v) is 5.58. The number of benzene rings is 1. The Hall–Kier alpha value is -1.57. The maximum Gasteiger partial charge on any atom is 0.0569 e. The minimum atomic E-state index is 0.122. The molecule has 0 fully saturated rings. The summed E-state index contributed by atoms with van der Waals surface area (Å²) in [6.07, 6.45) is 4.34. The first kappa shape index (κ1) is 11.5. The van der Waals surface area contributed by atoms with Crippen LogP contribution in [0.3, 0.4) is 0 Å². The zero-order valence-electron chi connectivity index (χ0n) is 11.3. The molecule has 1 heterocycles. The summed E-state index contributed by atoms with van der Waals surface area (Å²) >= 11 is 0. The fraction of sp³-hybridized carbons (Fsp3) is 0.438. The van der Waals surface area contributed by atoms with Crippen molar-refractivity contribution in [2.75, 3.05) is 0 Å². The van der Waals surface area contributed by atoms with E-state index < -0.39 is 0 Å². The number of H-pyrrole nitrogens is 1. The van der Waals surface area contributed by atoms with E-state index in [1.54, 1.807) is 0 Å². The Morgan fingerprint density at radius 1 is 1.22 bits per heavy atom. The number of fused-ring (bicyclic) bond motifs is 3. The number of aromatic amines is 1. The summed E-state index contributed by atoms with van der Waals surface area (Å²) in [6.45, 7) is 6.91. The third-order valence-electron chi connectivity index (χ3n) is 4.41. The molecule has 1 aromatic carbocycles. The van der Waals surface area contributed by atoms with Crippen molar-refractivity contribution >= 4 is 0 Å². The highest BCUT2D eigenvalue weighted by Crippen LogP contribution is 2.53. The summed E-state index contributed by atoms with van der Waals surface area (Å²) in [5.41, 5.74) is 5.58. The molecule has 0 amide bonds. The second kappa shape index (κ2) is 3.98. The van der Waals surface area contributed by atoms with Gasteiger partial charge in [-0.2, -0.15) is 5.10 Å². The first-order chi connectivity index (χ1) is 8.71. The maximum absolute atomic E-state index is 4.28. The first-order valence-electron chi connectivity index (χ1n) is 6.85. The number of aromatic nitrogens is 2. The number of nitrogens with zero attached hydrogens (tertiary/aromatic N) is 1. The fourth-order valence-corrected chi connectivity index (χ4v) is 3.61. The molecule has 0 bridgehead atoms. The molecule has 94 valence electrons. The highest BCUT2D eigenvalue weighted by atomic mass is 15.1. The van der Waals surface area contributed by atoms with E-state index in [-0.39, 0.29) is 5.41 Å². The molecule has 0 aliphatic heterocycles. The third-order valence-corrected chi connectivity index (χ3v) is 4.41. The van der Waals surface area contributed by atoms with Crippen LogP contribution >= 0.6 is 0 Å². The van der Waals surface area contributed by atoms with Crippen LogP contribution in [0.1, 0.15) is 44.9 Å². The lowest BCUT2D eigenvalue weighted by Crippen LogP contribution is -2.32. The Balaban J connectivity index is 2.32. The molecule has 0 saturated heterocycles. The van der Waals surface area contributed by atoms with E-state index in [4.69, 9.17) is 0 Å². The molecule has 1 aromatic heterocycles. The van der Waals surface area contributed by atoms with Crippen LogP contribution in [0.2, 0.25) is 0 Å². The smallest absolute Gasteiger partial charge is 0.0569 e. The molecule has 1 atom stereocenters. The zero-order chi connectivity index (χ0) is 12.8. The lowest BCUT2D eigenvalue weighted by Gasteiger charge is -2.34. The van der Waals surface area contributed by atoms with Crippen LogP contribution < -0.4 is 0 Å². The summed E-state index contributed by atoms with van der Waals surface area (Å²) in [4.78, 5) is 0. The molecule has 1 unspecified atom stereocenters. The first-order valence-corrected chi connectivity index (χ1v) is 6.85. The van der Waals surface area contributed by atoms with E-state index in [2.05, 4.69) is 55.2 Å². The Kier molecular flexibility index (Phi) is 2.54. The number of hydrogen-bond acceptors (Lipinski definition) is 1. The van der Waals surface area contributed by atoms with Crippen molar-refractivity contribution in [2.45, 2.75) is 39.0 Å². The predicted molar refractivity (Wildman–Crippen MR) is 74.5 cm³/mol. The average molecular weight is 240 g/mol. The standard InChI is InChI=1S/C16H20N2/c1-4-9-16(11(2)3)14-8-6-5-7-12(14)13-10-17-18-15(13)16/h5-8,10-11H,4,9H2,1-3H3,(H,17,18). The van der Waals surface area contributed by atoms with Crippen LogP contribution in [-0.4, -0.2) is 10.2 Å².